The topological polar surface area (TPSA) is 32.8 Å². The molecule has 4 nitrogen and oxygen atoms in total. The highest BCUT2D eigenvalue weighted by Crippen LogP contribution is 2.74. The number of fused-ring (bicyclic) bond motifs is 10. The predicted octanol–water partition coefficient (Wildman–Crippen LogP) is 21.1. The van der Waals surface area contributed by atoms with Crippen LogP contribution in [0.25, 0.3) is 55.0 Å². The number of hydrogen-bond donors (Lipinski definition) is 0. The SMILES string of the molecule is CC(C)(C)c1cccc(N(c2ccc([Si](c3ccccc3)(c3ccccc3)c3ccccc3)cc2)c2ccc3c(c2)oc2cc4c(cc23)-c2ccc3oc5cc(N(c6ccc([Si](c7ccccc7)(c7ccccc7)c7ccccc7)cc6)c6cccc(C(C)(C)C)c6)ccc5c3c2C42C3CC4CC(C3)C2C4)c1. The molecule has 2 heterocycles. The van der Waals surface area contributed by atoms with Crippen LogP contribution in [0.4, 0.5) is 34.1 Å². The minimum absolute atomic E-state index is 0.0575. The van der Waals surface area contributed by atoms with Crippen molar-refractivity contribution in [2.45, 2.75) is 83.5 Å². The van der Waals surface area contributed by atoms with E-state index >= 15 is 0 Å². The molecule has 0 N–H and O–H groups in total. The molecular formula is C101H86N2O2Si2. The molecule has 14 aromatic carbocycles. The summed E-state index contributed by atoms with van der Waals surface area (Å²) in [6.45, 7) is 13.9. The van der Waals surface area contributed by atoms with Crippen LogP contribution < -0.4 is 51.3 Å². The lowest BCUT2D eigenvalue weighted by molar-refractivity contribution is 0.192. The van der Waals surface area contributed by atoms with Gasteiger partial charge in [0.05, 0.1) is 0 Å². The minimum Gasteiger partial charge on any atom is -0.456 e. The maximum absolute atomic E-state index is 7.41. The smallest absolute Gasteiger partial charge is 0.179 e. The maximum atomic E-state index is 7.41. The molecule has 4 fully saturated rings. The lowest BCUT2D eigenvalue weighted by atomic mass is 9.59. The van der Waals surface area contributed by atoms with E-state index in [2.05, 4.69) is 391 Å². The van der Waals surface area contributed by atoms with E-state index in [1.54, 1.807) is 0 Å². The Morgan fingerprint density at radius 2 is 0.701 bits per heavy atom. The molecule has 16 aromatic rings. The Kier molecular flexibility index (Phi) is 15.2. The van der Waals surface area contributed by atoms with Gasteiger partial charge in [0.2, 0.25) is 0 Å². The third-order valence-corrected chi connectivity index (χ3v) is 35.0. The van der Waals surface area contributed by atoms with Gasteiger partial charge < -0.3 is 18.6 Å². The van der Waals surface area contributed by atoms with Gasteiger partial charge in [-0.1, -0.05) is 278 Å². The number of anilines is 6. The predicted molar refractivity (Wildman–Crippen MR) is 454 cm³/mol. The Hall–Kier alpha value is -11.3. The van der Waals surface area contributed by atoms with Crippen molar-refractivity contribution in [3.63, 3.8) is 0 Å². The first kappa shape index (κ1) is 65.2. The summed E-state index contributed by atoms with van der Waals surface area (Å²) < 4.78 is 14.8. The molecule has 4 saturated carbocycles. The Balaban J connectivity index is 0.718. The van der Waals surface area contributed by atoms with Crippen molar-refractivity contribution >= 4 is 136 Å². The molecule has 5 atom stereocenters. The average Bonchev–Trinajstić information content (AvgIpc) is 1.49. The highest BCUT2D eigenvalue weighted by atomic mass is 28.3. The van der Waals surface area contributed by atoms with Crippen LogP contribution >= 0.6 is 0 Å². The van der Waals surface area contributed by atoms with Crippen molar-refractivity contribution in [2.24, 2.45) is 23.7 Å². The van der Waals surface area contributed by atoms with Crippen molar-refractivity contribution in [2.75, 3.05) is 9.80 Å². The summed E-state index contributed by atoms with van der Waals surface area (Å²) in [7, 11) is -5.57. The van der Waals surface area contributed by atoms with E-state index in [1.807, 2.05) is 0 Å². The van der Waals surface area contributed by atoms with Gasteiger partial charge in [0.25, 0.3) is 0 Å². The van der Waals surface area contributed by atoms with E-state index in [0.29, 0.717) is 17.8 Å². The standard InChI is InChI=1S/C101H86N2O2Si2/c1-99(2,3)69-27-25-29-74(61-69)102(72-43-49-84(50-44-72)106(78-31-13-7-14-32-78,79-33-15-8-16-34-79)80-35-17-9-18-36-80)76-47-53-86-90-65-89-87-55-56-93-97(98(87)101(92(89)66-96(90)105-94(86)63-76)71-58-67-57-68(60-71)91(101)59-67)88-54-48-77(64-95(88)104-93)103(75-30-26-28-70(62-75)100(4,5)6)73-45-51-85(52-46-73)107(81-37-19-10-20-38-81,82-39-21-11-22-40-82)83-41-23-12-24-42-83/h7-56,61-68,71,91H,57-60H2,1-6H3. The molecule has 0 radical (unpaired) electrons. The molecule has 520 valence electrons. The molecule has 5 aliphatic rings. The number of nitrogens with zero attached hydrogens (tertiary/aromatic N) is 2. The normalized spacial score (nSPS) is 18.1. The molecule has 21 rings (SSSR count). The van der Waals surface area contributed by atoms with Gasteiger partial charge in [-0.3, -0.25) is 0 Å². The Bertz CT molecular complexity index is 5860. The lowest BCUT2D eigenvalue weighted by Gasteiger charge is -2.44. The highest BCUT2D eigenvalue weighted by molar-refractivity contribution is 7.20. The van der Waals surface area contributed by atoms with Gasteiger partial charge in [0.1, 0.15) is 22.3 Å². The summed E-state index contributed by atoms with van der Waals surface area (Å²) in [5.74, 6) is 2.55. The van der Waals surface area contributed by atoms with Gasteiger partial charge >= 0.3 is 0 Å². The minimum atomic E-state index is -2.79. The molecule has 5 aliphatic carbocycles. The van der Waals surface area contributed by atoms with Crippen LogP contribution in [0.3, 0.4) is 0 Å². The zero-order chi connectivity index (χ0) is 72.0. The quantitative estimate of drug-likeness (QED) is 0.0802. The molecule has 0 amide bonds. The second-order valence-electron chi connectivity index (χ2n) is 33.1. The first-order chi connectivity index (χ1) is 52.3. The number of furan rings is 2. The van der Waals surface area contributed by atoms with Crippen molar-refractivity contribution in [3.05, 3.63) is 362 Å². The first-order valence-electron chi connectivity index (χ1n) is 38.6. The molecule has 2 aromatic heterocycles. The molecule has 0 saturated heterocycles. The van der Waals surface area contributed by atoms with Crippen molar-refractivity contribution in [1.29, 1.82) is 0 Å². The van der Waals surface area contributed by atoms with Crippen LogP contribution in [0.15, 0.2) is 349 Å². The summed E-state index contributed by atoms with van der Waals surface area (Å²) in [5, 5.41) is 15.6. The Morgan fingerprint density at radius 1 is 0.308 bits per heavy atom. The van der Waals surface area contributed by atoms with Gasteiger partial charge in [-0.2, -0.15) is 0 Å². The third kappa shape index (κ3) is 10.1. The van der Waals surface area contributed by atoms with Gasteiger partial charge in [-0.05, 0) is 226 Å². The van der Waals surface area contributed by atoms with Crippen LogP contribution in [0, 0.1) is 23.7 Å². The fraction of sp³-hybridized carbons (Fsp3) is 0.168. The van der Waals surface area contributed by atoms with E-state index < -0.39 is 16.1 Å². The molecule has 5 unspecified atom stereocenters. The monoisotopic (exact) mass is 1410 g/mol. The molecule has 4 bridgehead atoms. The van der Waals surface area contributed by atoms with Crippen molar-refractivity contribution in [3.8, 4) is 11.1 Å². The van der Waals surface area contributed by atoms with Crippen LogP contribution in [-0.2, 0) is 16.2 Å². The van der Waals surface area contributed by atoms with E-state index in [9.17, 15) is 0 Å². The van der Waals surface area contributed by atoms with Crippen molar-refractivity contribution < 1.29 is 8.83 Å². The zero-order valence-corrected chi connectivity index (χ0v) is 63.7. The maximum Gasteiger partial charge on any atom is 0.179 e. The second-order valence-corrected chi connectivity index (χ2v) is 40.7. The summed E-state index contributed by atoms with van der Waals surface area (Å²) in [6, 6.07) is 129. The fourth-order valence-electron chi connectivity index (χ4n) is 20.9. The van der Waals surface area contributed by atoms with E-state index in [1.165, 1.54) is 111 Å². The largest absolute Gasteiger partial charge is 0.456 e. The average molecular weight is 1420 g/mol. The van der Waals surface area contributed by atoms with E-state index in [-0.39, 0.29) is 16.2 Å². The molecule has 0 aliphatic heterocycles. The number of rotatable bonds is 14. The van der Waals surface area contributed by atoms with Gasteiger partial charge in [0.15, 0.2) is 16.1 Å². The number of hydrogen-bond acceptors (Lipinski definition) is 4. The third-order valence-electron chi connectivity index (χ3n) is 25.4. The molecular weight excluding hydrogens is 1330 g/mol. The highest BCUT2D eigenvalue weighted by Gasteiger charge is 2.67. The van der Waals surface area contributed by atoms with Gasteiger partial charge in [0, 0.05) is 73.2 Å². The summed E-state index contributed by atoms with van der Waals surface area (Å²) >= 11 is 0. The summed E-state index contributed by atoms with van der Waals surface area (Å²) in [6.07, 6.45) is 5.14. The van der Waals surface area contributed by atoms with Crippen LogP contribution in [0.5, 0.6) is 0 Å². The van der Waals surface area contributed by atoms with Gasteiger partial charge in [-0.25, -0.2) is 0 Å². The van der Waals surface area contributed by atoms with E-state index in [4.69, 9.17) is 8.83 Å². The summed E-state index contributed by atoms with van der Waals surface area (Å²) in [4.78, 5) is 4.90. The molecule has 1 spiro atoms. The van der Waals surface area contributed by atoms with Crippen LogP contribution in [-0.4, -0.2) is 16.1 Å². The van der Waals surface area contributed by atoms with Crippen LogP contribution in [0.2, 0.25) is 0 Å². The lowest BCUT2D eigenvalue weighted by Crippen LogP contribution is -2.74. The fourth-order valence-corrected chi connectivity index (χ4v) is 30.4. The first-order valence-corrected chi connectivity index (χ1v) is 42.6. The number of benzene rings is 14. The Morgan fingerprint density at radius 3 is 1.14 bits per heavy atom. The Labute approximate surface area is 630 Å². The van der Waals surface area contributed by atoms with Gasteiger partial charge in [-0.15, -0.1) is 0 Å². The second kappa shape index (κ2) is 24.9. The summed E-state index contributed by atoms with van der Waals surface area (Å²) in [5.41, 5.74) is 18.2. The van der Waals surface area contributed by atoms with E-state index in [0.717, 1.165) is 73.1 Å². The van der Waals surface area contributed by atoms with Crippen molar-refractivity contribution in [1.82, 2.24) is 0 Å². The zero-order valence-electron chi connectivity index (χ0n) is 61.7. The molecule has 107 heavy (non-hydrogen) atoms. The van der Waals surface area contributed by atoms with Crippen LogP contribution in [0.1, 0.15) is 89.5 Å². The molecule has 6 heteroatoms.